The van der Waals surface area contributed by atoms with Crippen LogP contribution in [0.25, 0.3) is 0 Å². The number of H-pyrrole nitrogens is 1. The molecule has 0 bridgehead atoms. The lowest BCUT2D eigenvalue weighted by Crippen LogP contribution is -2.45. The maximum absolute atomic E-state index is 13.9. The normalized spacial score (nSPS) is 16.8. The summed E-state index contributed by atoms with van der Waals surface area (Å²) in [7, 11) is -3.70. The zero-order valence-corrected chi connectivity index (χ0v) is 19.0. The van der Waals surface area contributed by atoms with Gasteiger partial charge in [-0.2, -0.15) is 4.31 Å². The maximum Gasteiger partial charge on any atom is 0.243 e. The Hall–Kier alpha value is -3.42. The molecule has 0 spiro atoms. The van der Waals surface area contributed by atoms with Crippen LogP contribution >= 0.6 is 0 Å². The molecular formula is C26H26N4O2S. The Bertz CT molecular complexity index is 1290. The van der Waals surface area contributed by atoms with Crippen molar-refractivity contribution in [2.45, 2.75) is 30.4 Å². The summed E-state index contributed by atoms with van der Waals surface area (Å²) in [6.45, 7) is 1.52. The minimum atomic E-state index is -3.70. The number of hydrogen-bond donors (Lipinski definition) is 1. The van der Waals surface area contributed by atoms with Gasteiger partial charge in [-0.05, 0) is 35.7 Å². The number of aromatic nitrogens is 2. The van der Waals surface area contributed by atoms with Gasteiger partial charge in [-0.15, -0.1) is 0 Å². The van der Waals surface area contributed by atoms with Crippen LogP contribution in [0.1, 0.15) is 16.8 Å². The van der Waals surface area contributed by atoms with E-state index in [9.17, 15) is 8.42 Å². The number of nitrogens with one attached hydrogen (secondary N) is 1. The monoisotopic (exact) mass is 458 g/mol. The third-order valence-corrected chi connectivity index (χ3v) is 7.99. The fourth-order valence-electron chi connectivity index (χ4n) is 4.48. The van der Waals surface area contributed by atoms with Crippen molar-refractivity contribution < 1.29 is 8.42 Å². The fraction of sp³-hybridized carbons (Fsp3) is 0.192. The number of sulfonamides is 1. The molecule has 0 radical (unpaired) electrons. The summed E-state index contributed by atoms with van der Waals surface area (Å²) in [5.74, 6) is 0. The number of anilines is 1. The molecule has 1 aliphatic heterocycles. The van der Waals surface area contributed by atoms with Crippen LogP contribution in [0.3, 0.4) is 0 Å². The smallest absolute Gasteiger partial charge is 0.243 e. The summed E-state index contributed by atoms with van der Waals surface area (Å²) >= 11 is 0. The molecule has 1 N–H and O–H groups in total. The number of imidazole rings is 1. The molecule has 7 heteroatoms. The van der Waals surface area contributed by atoms with E-state index in [2.05, 4.69) is 33.1 Å². The van der Waals surface area contributed by atoms with Gasteiger partial charge < -0.3 is 9.88 Å². The minimum absolute atomic E-state index is 0.243. The molecular weight excluding hydrogens is 432 g/mol. The molecule has 0 amide bonds. The molecule has 0 aliphatic carbocycles. The molecule has 1 aliphatic rings. The highest BCUT2D eigenvalue weighted by Crippen LogP contribution is 2.32. The highest BCUT2D eigenvalue weighted by Gasteiger charge is 2.36. The van der Waals surface area contributed by atoms with Gasteiger partial charge in [0.15, 0.2) is 0 Å². The minimum Gasteiger partial charge on any atom is -0.364 e. The van der Waals surface area contributed by atoms with Crippen LogP contribution in [0.2, 0.25) is 0 Å². The van der Waals surface area contributed by atoms with Crippen LogP contribution < -0.4 is 4.90 Å². The average Bonchev–Trinajstić information content (AvgIpc) is 3.31. The molecule has 0 fully saturated rings. The van der Waals surface area contributed by atoms with Gasteiger partial charge in [-0.1, -0.05) is 66.7 Å². The van der Waals surface area contributed by atoms with E-state index < -0.39 is 10.0 Å². The van der Waals surface area contributed by atoms with Gasteiger partial charge in [0.25, 0.3) is 0 Å². The van der Waals surface area contributed by atoms with Gasteiger partial charge in [0, 0.05) is 31.0 Å². The summed E-state index contributed by atoms with van der Waals surface area (Å²) in [4.78, 5) is 9.92. The number of nitrogens with zero attached hydrogens (tertiary/aromatic N) is 3. The van der Waals surface area contributed by atoms with Gasteiger partial charge in [-0.25, -0.2) is 13.4 Å². The van der Waals surface area contributed by atoms with Crippen molar-refractivity contribution in [2.75, 3.05) is 11.4 Å². The Morgan fingerprint density at radius 3 is 2.33 bits per heavy atom. The van der Waals surface area contributed by atoms with Gasteiger partial charge >= 0.3 is 0 Å². The van der Waals surface area contributed by atoms with E-state index in [0.717, 1.165) is 22.5 Å². The zero-order valence-electron chi connectivity index (χ0n) is 18.2. The lowest BCUT2D eigenvalue weighted by atomic mass is 10.1. The van der Waals surface area contributed by atoms with Gasteiger partial charge in [0.05, 0.1) is 23.5 Å². The average molecular weight is 459 g/mol. The number of hydrogen-bond acceptors (Lipinski definition) is 4. The number of fused-ring (bicyclic) bond motifs is 1. The van der Waals surface area contributed by atoms with Crippen molar-refractivity contribution in [3.05, 3.63) is 114 Å². The van der Waals surface area contributed by atoms with E-state index in [1.807, 2.05) is 48.7 Å². The summed E-state index contributed by atoms with van der Waals surface area (Å²) in [6, 6.07) is 26.7. The summed E-state index contributed by atoms with van der Waals surface area (Å²) in [5, 5.41) is 0. The molecule has 33 heavy (non-hydrogen) atoms. The number of para-hydroxylation sites is 1. The fourth-order valence-corrected chi connectivity index (χ4v) is 6.10. The van der Waals surface area contributed by atoms with E-state index >= 15 is 0 Å². The van der Waals surface area contributed by atoms with Crippen molar-refractivity contribution in [3.8, 4) is 0 Å². The molecule has 2 heterocycles. The van der Waals surface area contributed by atoms with Crippen LogP contribution in [0.15, 0.2) is 102 Å². The molecule has 1 unspecified atom stereocenters. The van der Waals surface area contributed by atoms with Gasteiger partial charge in [0.1, 0.15) is 0 Å². The van der Waals surface area contributed by atoms with Crippen molar-refractivity contribution in [1.29, 1.82) is 0 Å². The molecule has 0 saturated carbocycles. The summed E-state index contributed by atoms with van der Waals surface area (Å²) < 4.78 is 29.4. The molecule has 168 valence electrons. The second-order valence-corrected chi connectivity index (χ2v) is 10.2. The number of rotatable bonds is 6. The summed E-state index contributed by atoms with van der Waals surface area (Å²) in [6.07, 6.45) is 4.12. The van der Waals surface area contributed by atoms with Crippen LogP contribution in [-0.2, 0) is 29.5 Å². The van der Waals surface area contributed by atoms with Crippen molar-refractivity contribution in [2.24, 2.45) is 0 Å². The van der Waals surface area contributed by atoms with E-state index in [1.165, 1.54) is 0 Å². The van der Waals surface area contributed by atoms with Crippen molar-refractivity contribution in [1.82, 2.24) is 14.3 Å². The van der Waals surface area contributed by atoms with Crippen molar-refractivity contribution >= 4 is 15.7 Å². The molecule has 1 aromatic heterocycles. The van der Waals surface area contributed by atoms with Gasteiger partial charge in [-0.3, -0.25) is 0 Å². The topological polar surface area (TPSA) is 69.3 Å². The Morgan fingerprint density at radius 1 is 0.909 bits per heavy atom. The van der Waals surface area contributed by atoms with Crippen LogP contribution in [0.5, 0.6) is 0 Å². The second kappa shape index (κ2) is 9.21. The third kappa shape index (κ3) is 4.55. The Kier molecular flexibility index (Phi) is 5.98. The SMILES string of the molecule is O=S(=O)(c1ccccc1)N1Cc2ccccc2N(Cc2cnc[nH]2)CC1Cc1ccccc1. The first-order valence-electron chi connectivity index (χ1n) is 11.0. The van der Waals surface area contributed by atoms with Crippen LogP contribution in [0, 0.1) is 0 Å². The quantitative estimate of drug-likeness (QED) is 0.469. The first-order valence-corrected chi connectivity index (χ1v) is 12.5. The lowest BCUT2D eigenvalue weighted by Gasteiger charge is -2.32. The maximum atomic E-state index is 13.9. The largest absolute Gasteiger partial charge is 0.364 e. The number of benzene rings is 3. The standard InChI is InChI=1S/C26H26N4O2S/c31-33(32,25-12-5-2-6-13-25)30-17-22-11-7-8-14-26(22)29(18-23-16-27-20-28-23)19-24(30)15-21-9-3-1-4-10-21/h1-14,16,20,24H,15,17-19H2,(H,27,28). The lowest BCUT2D eigenvalue weighted by molar-refractivity contribution is 0.318. The van der Waals surface area contributed by atoms with Gasteiger partial charge in [0.2, 0.25) is 10.0 Å². The van der Waals surface area contributed by atoms with E-state index in [1.54, 1.807) is 34.9 Å². The second-order valence-electron chi connectivity index (χ2n) is 8.29. The first kappa shape index (κ1) is 21.4. The molecule has 1 atom stereocenters. The van der Waals surface area contributed by atoms with E-state index in [-0.39, 0.29) is 6.04 Å². The highest BCUT2D eigenvalue weighted by molar-refractivity contribution is 7.89. The first-order chi connectivity index (χ1) is 16.1. The Labute approximate surface area is 194 Å². The Balaban J connectivity index is 1.59. The molecule has 3 aromatic carbocycles. The predicted molar refractivity (Wildman–Crippen MR) is 129 cm³/mol. The molecule has 6 nitrogen and oxygen atoms in total. The summed E-state index contributed by atoms with van der Waals surface area (Å²) in [5.41, 5.74) is 4.15. The predicted octanol–water partition coefficient (Wildman–Crippen LogP) is 4.23. The third-order valence-electron chi connectivity index (χ3n) is 6.08. The molecule has 4 aromatic rings. The Morgan fingerprint density at radius 2 is 1.61 bits per heavy atom. The van der Waals surface area contributed by atoms with E-state index in [4.69, 9.17) is 0 Å². The number of aromatic amines is 1. The van der Waals surface area contributed by atoms with E-state index in [0.29, 0.717) is 31.0 Å². The van der Waals surface area contributed by atoms with Crippen molar-refractivity contribution in [3.63, 3.8) is 0 Å². The molecule has 0 saturated heterocycles. The van der Waals surface area contributed by atoms with Crippen LogP contribution in [-0.4, -0.2) is 35.3 Å². The van der Waals surface area contributed by atoms with Crippen LogP contribution in [0.4, 0.5) is 5.69 Å². The molecule has 5 rings (SSSR count). The highest BCUT2D eigenvalue weighted by atomic mass is 32.2. The zero-order chi connectivity index (χ0) is 22.7.